The summed E-state index contributed by atoms with van der Waals surface area (Å²) in [5.41, 5.74) is 1.84. The molecule has 3 N–H and O–H groups in total. The van der Waals surface area contributed by atoms with Gasteiger partial charge < -0.3 is 9.32 Å². The maximum atomic E-state index is 12.2. The number of carbonyl (C=O) groups is 2. The Balaban J connectivity index is 2.11. The molecular weight excluding hydrogens is 260 g/mol. The number of nitrogens with one attached hydrogen (secondary N) is 1. The van der Waals surface area contributed by atoms with Crippen LogP contribution in [0.3, 0.4) is 0 Å². The quantitative estimate of drug-likeness (QED) is 0.459. The van der Waals surface area contributed by atoms with E-state index in [1.54, 1.807) is 18.0 Å². The molecule has 2 heterocycles. The molecule has 0 radical (unpaired) electrons. The van der Waals surface area contributed by atoms with Crippen molar-refractivity contribution in [3.63, 3.8) is 0 Å². The van der Waals surface area contributed by atoms with Gasteiger partial charge in [-0.1, -0.05) is 0 Å². The Hall–Kier alpha value is -1.86. The van der Waals surface area contributed by atoms with Crippen LogP contribution in [0.5, 0.6) is 0 Å². The van der Waals surface area contributed by atoms with Crippen LogP contribution in [-0.4, -0.2) is 47.3 Å². The van der Waals surface area contributed by atoms with E-state index in [1.165, 1.54) is 6.26 Å². The number of hydrazine groups is 1. The molecule has 1 aliphatic heterocycles. The summed E-state index contributed by atoms with van der Waals surface area (Å²) in [5, 5.41) is 0. The number of carbonyl (C=O) groups excluding carboxylic acids is 2. The van der Waals surface area contributed by atoms with Crippen LogP contribution in [-0.2, 0) is 11.3 Å². The average molecular weight is 280 g/mol. The first kappa shape index (κ1) is 14.5. The van der Waals surface area contributed by atoms with Gasteiger partial charge >= 0.3 is 0 Å². The Morgan fingerprint density at radius 3 is 2.85 bits per heavy atom. The van der Waals surface area contributed by atoms with Gasteiger partial charge in [0.2, 0.25) is 5.91 Å². The molecule has 0 saturated carbocycles. The zero-order valence-corrected chi connectivity index (χ0v) is 12.0. The minimum absolute atomic E-state index is 0.0789. The van der Waals surface area contributed by atoms with Crippen LogP contribution in [0.1, 0.15) is 30.0 Å². The number of furan rings is 1. The first-order valence-electron chi connectivity index (χ1n) is 6.45. The highest BCUT2D eigenvalue weighted by Gasteiger charge is 2.40. The molecule has 110 valence electrons. The Morgan fingerprint density at radius 1 is 1.50 bits per heavy atom. The van der Waals surface area contributed by atoms with Gasteiger partial charge in [-0.3, -0.25) is 19.9 Å². The highest BCUT2D eigenvalue weighted by molar-refractivity contribution is 5.93. The normalized spacial score (nSPS) is 19.2. The lowest BCUT2D eigenvalue weighted by molar-refractivity contribution is -0.147. The van der Waals surface area contributed by atoms with Crippen molar-refractivity contribution < 1.29 is 14.0 Å². The zero-order chi connectivity index (χ0) is 14.9. The maximum absolute atomic E-state index is 12.2. The topological polar surface area (TPSA) is 91.8 Å². The molecule has 0 spiro atoms. The van der Waals surface area contributed by atoms with Gasteiger partial charge in [-0.2, -0.15) is 0 Å². The van der Waals surface area contributed by atoms with E-state index in [9.17, 15) is 9.59 Å². The molecule has 0 bridgehead atoms. The molecule has 1 aromatic heterocycles. The van der Waals surface area contributed by atoms with E-state index in [0.717, 1.165) is 6.54 Å². The third kappa shape index (κ3) is 2.54. The van der Waals surface area contributed by atoms with Crippen molar-refractivity contribution in [2.45, 2.75) is 25.9 Å². The Kier molecular flexibility index (Phi) is 3.82. The van der Waals surface area contributed by atoms with E-state index >= 15 is 0 Å². The number of nitrogens with zero attached hydrogens (tertiary/aromatic N) is 2. The standard InChI is InChI=1S/C13H20N4O3/c1-13(2)12(19)16(3)4-5-17(13)7-10-6-9(8-20-10)11(18)15-14/h6,8H,4-5,7,14H2,1-3H3,(H,15,18). The van der Waals surface area contributed by atoms with Crippen molar-refractivity contribution in [3.05, 3.63) is 23.7 Å². The number of likely N-dealkylation sites (N-methyl/N-ethyl adjacent to an activating group) is 1. The molecule has 7 heteroatoms. The largest absolute Gasteiger partial charge is 0.467 e. The first-order valence-corrected chi connectivity index (χ1v) is 6.45. The summed E-state index contributed by atoms with van der Waals surface area (Å²) in [5.74, 6) is 5.39. The van der Waals surface area contributed by atoms with Gasteiger partial charge in [0.25, 0.3) is 5.91 Å². The Morgan fingerprint density at radius 2 is 2.20 bits per heavy atom. The molecule has 1 saturated heterocycles. The van der Waals surface area contributed by atoms with Crippen molar-refractivity contribution in [1.82, 2.24) is 15.2 Å². The third-order valence-corrected chi connectivity index (χ3v) is 3.76. The van der Waals surface area contributed by atoms with Crippen molar-refractivity contribution in [3.8, 4) is 0 Å². The molecule has 0 aromatic carbocycles. The molecule has 2 rings (SSSR count). The summed E-state index contributed by atoms with van der Waals surface area (Å²) in [6.45, 7) is 5.70. The first-order chi connectivity index (χ1) is 9.36. The summed E-state index contributed by atoms with van der Waals surface area (Å²) >= 11 is 0. The maximum Gasteiger partial charge on any atom is 0.268 e. The van der Waals surface area contributed by atoms with Gasteiger partial charge in [-0.15, -0.1) is 0 Å². The molecule has 20 heavy (non-hydrogen) atoms. The predicted molar refractivity (Wildman–Crippen MR) is 72.5 cm³/mol. The van der Waals surface area contributed by atoms with Crippen LogP contribution < -0.4 is 11.3 Å². The van der Waals surface area contributed by atoms with Crippen molar-refractivity contribution in [2.75, 3.05) is 20.1 Å². The smallest absolute Gasteiger partial charge is 0.268 e. The van der Waals surface area contributed by atoms with Crippen molar-refractivity contribution in [2.24, 2.45) is 5.84 Å². The van der Waals surface area contributed by atoms with Crippen LogP contribution >= 0.6 is 0 Å². The zero-order valence-electron chi connectivity index (χ0n) is 12.0. The summed E-state index contributed by atoms with van der Waals surface area (Å²) in [4.78, 5) is 27.3. The minimum atomic E-state index is -0.587. The van der Waals surface area contributed by atoms with Crippen LogP contribution in [0, 0.1) is 0 Å². The molecule has 0 atom stereocenters. The van der Waals surface area contributed by atoms with Crippen LogP contribution in [0.15, 0.2) is 16.7 Å². The summed E-state index contributed by atoms with van der Waals surface area (Å²) < 4.78 is 5.36. The van der Waals surface area contributed by atoms with E-state index in [4.69, 9.17) is 10.3 Å². The van der Waals surface area contributed by atoms with Crippen LogP contribution in [0.25, 0.3) is 0 Å². The SMILES string of the molecule is CN1CCN(Cc2cc(C(=O)NN)co2)C(C)(C)C1=O. The second kappa shape index (κ2) is 5.26. The molecule has 1 aliphatic rings. The van der Waals surface area contributed by atoms with Crippen LogP contribution in [0.2, 0.25) is 0 Å². The van der Waals surface area contributed by atoms with E-state index in [0.29, 0.717) is 24.4 Å². The number of hydrogen-bond donors (Lipinski definition) is 2. The lowest BCUT2D eigenvalue weighted by Gasteiger charge is -2.44. The van der Waals surface area contributed by atoms with Gasteiger partial charge in [0.05, 0.1) is 17.6 Å². The Bertz CT molecular complexity index is 523. The molecule has 0 unspecified atom stereocenters. The summed E-state index contributed by atoms with van der Waals surface area (Å²) in [6.07, 6.45) is 1.36. The molecule has 1 fully saturated rings. The van der Waals surface area contributed by atoms with E-state index < -0.39 is 11.4 Å². The third-order valence-electron chi connectivity index (χ3n) is 3.76. The number of nitrogens with two attached hydrogens (primary N) is 1. The molecule has 2 amide bonds. The second-order valence-electron chi connectivity index (χ2n) is 5.48. The molecule has 0 aliphatic carbocycles. The van der Waals surface area contributed by atoms with Gasteiger partial charge in [0, 0.05) is 20.1 Å². The fourth-order valence-electron chi connectivity index (χ4n) is 2.38. The minimum Gasteiger partial charge on any atom is -0.467 e. The lowest BCUT2D eigenvalue weighted by Crippen LogP contribution is -2.61. The van der Waals surface area contributed by atoms with Gasteiger partial charge in [0.1, 0.15) is 12.0 Å². The molecule has 7 nitrogen and oxygen atoms in total. The van der Waals surface area contributed by atoms with E-state index in [2.05, 4.69) is 5.43 Å². The fourth-order valence-corrected chi connectivity index (χ4v) is 2.38. The molecular formula is C13H20N4O3. The van der Waals surface area contributed by atoms with Crippen LogP contribution in [0.4, 0.5) is 0 Å². The van der Waals surface area contributed by atoms with Gasteiger partial charge in [-0.25, -0.2) is 5.84 Å². The van der Waals surface area contributed by atoms with E-state index in [-0.39, 0.29) is 5.91 Å². The molecule has 1 aromatic rings. The number of amides is 2. The number of rotatable bonds is 3. The second-order valence-corrected chi connectivity index (χ2v) is 5.48. The van der Waals surface area contributed by atoms with Gasteiger partial charge in [0.15, 0.2) is 0 Å². The van der Waals surface area contributed by atoms with E-state index in [1.807, 2.05) is 18.7 Å². The fraction of sp³-hybridized carbons (Fsp3) is 0.538. The highest BCUT2D eigenvalue weighted by atomic mass is 16.3. The van der Waals surface area contributed by atoms with Gasteiger partial charge in [-0.05, 0) is 19.9 Å². The monoisotopic (exact) mass is 280 g/mol. The summed E-state index contributed by atoms with van der Waals surface area (Å²) in [6, 6.07) is 1.64. The average Bonchev–Trinajstić information content (AvgIpc) is 2.88. The lowest BCUT2D eigenvalue weighted by atomic mass is 9.97. The predicted octanol–water partition coefficient (Wildman–Crippen LogP) is -0.0643. The summed E-state index contributed by atoms with van der Waals surface area (Å²) in [7, 11) is 1.80. The van der Waals surface area contributed by atoms with Crippen molar-refractivity contribution >= 4 is 11.8 Å². The van der Waals surface area contributed by atoms with Crippen molar-refractivity contribution in [1.29, 1.82) is 0 Å². The number of piperazine rings is 1. The number of nitrogen functional groups attached to an aromatic ring is 1. The highest BCUT2D eigenvalue weighted by Crippen LogP contribution is 2.24. The Labute approximate surface area is 117 Å². The number of hydrogen-bond acceptors (Lipinski definition) is 5.